The number of hydrogen-bond donors (Lipinski definition) is 3. The molecule has 0 saturated carbocycles. The van der Waals surface area contributed by atoms with Gasteiger partial charge in [-0.15, -0.1) is 0 Å². The molecule has 0 radical (unpaired) electrons. The van der Waals surface area contributed by atoms with Gasteiger partial charge >= 0.3 is 0 Å². The van der Waals surface area contributed by atoms with Gasteiger partial charge in [-0.25, -0.2) is 4.98 Å². The van der Waals surface area contributed by atoms with E-state index >= 15 is 0 Å². The van der Waals surface area contributed by atoms with Gasteiger partial charge < -0.3 is 25.6 Å². The van der Waals surface area contributed by atoms with Crippen LogP contribution in [0.2, 0.25) is 0 Å². The van der Waals surface area contributed by atoms with Crippen molar-refractivity contribution in [2.75, 3.05) is 43.5 Å². The molecule has 0 atom stereocenters. The minimum Gasteiger partial charge on any atom is -0.470 e. The smallest absolute Gasteiger partial charge is 0.274 e. The van der Waals surface area contributed by atoms with Crippen LogP contribution >= 0.6 is 11.3 Å². The number of thiazole rings is 1. The molecule has 4 N–H and O–H groups in total. The fraction of sp³-hybridized carbons (Fsp3) is 0.462. The van der Waals surface area contributed by atoms with E-state index in [1.165, 1.54) is 11.3 Å². The first-order valence-corrected chi connectivity index (χ1v) is 7.31. The standard InChI is InChI=1S/C13H19N3O3S/c1-2-19-13-15-11-9(14)3-4-10(12(11)20-13)16(5-7-17)6-8-18/h3-4,17-18H,2,5-8,14H2,1H3. The van der Waals surface area contributed by atoms with Crippen LogP contribution in [0.5, 0.6) is 5.19 Å². The van der Waals surface area contributed by atoms with Crippen LogP contribution in [0.25, 0.3) is 10.2 Å². The molecule has 1 aromatic heterocycles. The van der Waals surface area contributed by atoms with Crippen LogP contribution in [-0.4, -0.2) is 48.1 Å². The van der Waals surface area contributed by atoms with Gasteiger partial charge in [0.05, 0.1) is 35.9 Å². The summed E-state index contributed by atoms with van der Waals surface area (Å²) in [5.74, 6) is 0. The first kappa shape index (κ1) is 14.8. The summed E-state index contributed by atoms with van der Waals surface area (Å²) in [5, 5.41) is 18.9. The molecule has 1 aromatic carbocycles. The van der Waals surface area contributed by atoms with E-state index in [4.69, 9.17) is 20.7 Å². The molecule has 0 aliphatic heterocycles. The van der Waals surface area contributed by atoms with Crippen LogP contribution < -0.4 is 15.4 Å². The molecule has 0 aliphatic rings. The molecule has 6 nitrogen and oxygen atoms in total. The molecule has 7 heteroatoms. The molecular formula is C13H19N3O3S. The number of hydrogen-bond acceptors (Lipinski definition) is 7. The lowest BCUT2D eigenvalue weighted by molar-refractivity contribution is 0.281. The Labute approximate surface area is 121 Å². The number of nitrogen functional groups attached to an aromatic ring is 1. The number of ether oxygens (including phenoxy) is 1. The molecule has 0 amide bonds. The maximum Gasteiger partial charge on any atom is 0.274 e. The highest BCUT2D eigenvalue weighted by Crippen LogP contribution is 2.38. The third-order valence-electron chi connectivity index (χ3n) is 2.88. The van der Waals surface area contributed by atoms with Crippen molar-refractivity contribution in [3.8, 4) is 5.19 Å². The van der Waals surface area contributed by atoms with Crippen molar-refractivity contribution in [1.29, 1.82) is 0 Å². The maximum absolute atomic E-state index is 9.16. The number of aliphatic hydroxyl groups is 2. The SMILES string of the molecule is CCOc1nc2c(N)ccc(N(CCO)CCO)c2s1. The second-order valence-electron chi connectivity index (χ2n) is 4.20. The Morgan fingerprint density at radius 1 is 1.30 bits per heavy atom. The average molecular weight is 297 g/mol. The lowest BCUT2D eigenvalue weighted by atomic mass is 10.2. The zero-order valence-electron chi connectivity index (χ0n) is 11.4. The number of fused-ring (bicyclic) bond motifs is 1. The van der Waals surface area contributed by atoms with E-state index in [-0.39, 0.29) is 13.2 Å². The minimum atomic E-state index is 0.0169. The summed E-state index contributed by atoms with van der Waals surface area (Å²) in [5.41, 5.74) is 8.16. The van der Waals surface area contributed by atoms with Crippen molar-refractivity contribution in [3.05, 3.63) is 12.1 Å². The van der Waals surface area contributed by atoms with Gasteiger partial charge in [0, 0.05) is 13.1 Å². The Bertz CT molecular complexity index is 567. The summed E-state index contributed by atoms with van der Waals surface area (Å²) in [6, 6.07) is 3.67. The molecule has 110 valence electrons. The highest BCUT2D eigenvalue weighted by molar-refractivity contribution is 7.21. The maximum atomic E-state index is 9.16. The molecule has 0 bridgehead atoms. The Morgan fingerprint density at radius 2 is 2.00 bits per heavy atom. The predicted octanol–water partition coefficient (Wildman–Crippen LogP) is 1.07. The number of aliphatic hydroxyl groups excluding tert-OH is 2. The van der Waals surface area contributed by atoms with Gasteiger partial charge in [-0.05, 0) is 19.1 Å². The van der Waals surface area contributed by atoms with Gasteiger partial charge in [0.25, 0.3) is 5.19 Å². The molecule has 2 aromatic rings. The zero-order valence-corrected chi connectivity index (χ0v) is 12.2. The van der Waals surface area contributed by atoms with Gasteiger partial charge in [-0.2, -0.15) is 0 Å². The van der Waals surface area contributed by atoms with Gasteiger partial charge in [-0.3, -0.25) is 0 Å². The van der Waals surface area contributed by atoms with E-state index < -0.39 is 0 Å². The van der Waals surface area contributed by atoms with Crippen LogP contribution in [0.3, 0.4) is 0 Å². The summed E-state index contributed by atoms with van der Waals surface area (Å²) >= 11 is 1.42. The molecule has 1 heterocycles. The molecule has 20 heavy (non-hydrogen) atoms. The normalized spacial score (nSPS) is 10.9. The van der Waals surface area contributed by atoms with E-state index in [2.05, 4.69) is 4.98 Å². The summed E-state index contributed by atoms with van der Waals surface area (Å²) in [7, 11) is 0. The number of aromatic nitrogens is 1. The van der Waals surface area contributed by atoms with E-state index in [9.17, 15) is 0 Å². The van der Waals surface area contributed by atoms with Crippen LogP contribution in [-0.2, 0) is 0 Å². The highest BCUT2D eigenvalue weighted by Gasteiger charge is 2.16. The van der Waals surface area contributed by atoms with Crippen molar-refractivity contribution >= 4 is 32.9 Å². The van der Waals surface area contributed by atoms with E-state index in [0.29, 0.717) is 36.1 Å². The second kappa shape index (κ2) is 6.74. The molecule has 2 rings (SSSR count). The molecule has 0 spiro atoms. The van der Waals surface area contributed by atoms with Gasteiger partial charge in [-0.1, -0.05) is 11.3 Å². The monoisotopic (exact) mass is 297 g/mol. The molecule has 0 fully saturated rings. The Balaban J connectivity index is 2.48. The Kier molecular flexibility index (Phi) is 4.99. The first-order chi connectivity index (χ1) is 9.71. The molecule has 0 aliphatic carbocycles. The van der Waals surface area contributed by atoms with Crippen molar-refractivity contribution < 1.29 is 14.9 Å². The quantitative estimate of drug-likeness (QED) is 0.662. The van der Waals surface area contributed by atoms with Gasteiger partial charge in [0.1, 0.15) is 5.52 Å². The summed E-state index contributed by atoms with van der Waals surface area (Å²) in [6.07, 6.45) is 0. The summed E-state index contributed by atoms with van der Waals surface area (Å²) in [4.78, 5) is 6.30. The van der Waals surface area contributed by atoms with Crippen LogP contribution in [0, 0.1) is 0 Å². The predicted molar refractivity (Wildman–Crippen MR) is 81.6 cm³/mol. The first-order valence-electron chi connectivity index (χ1n) is 6.49. The van der Waals surface area contributed by atoms with Gasteiger partial charge in [0.15, 0.2) is 0 Å². The number of benzene rings is 1. The summed E-state index contributed by atoms with van der Waals surface area (Å²) in [6.45, 7) is 3.38. The van der Waals surface area contributed by atoms with Crippen molar-refractivity contribution in [3.63, 3.8) is 0 Å². The lowest BCUT2D eigenvalue weighted by Crippen LogP contribution is -2.29. The van der Waals surface area contributed by atoms with Crippen molar-refractivity contribution in [1.82, 2.24) is 4.98 Å². The number of anilines is 2. The topological polar surface area (TPSA) is 91.8 Å². The van der Waals surface area contributed by atoms with Crippen molar-refractivity contribution in [2.45, 2.75) is 6.92 Å². The second-order valence-corrected chi connectivity index (χ2v) is 5.16. The minimum absolute atomic E-state index is 0.0169. The van der Waals surface area contributed by atoms with Crippen molar-refractivity contribution in [2.24, 2.45) is 0 Å². The van der Waals surface area contributed by atoms with E-state index in [1.54, 1.807) is 6.07 Å². The Hall–Kier alpha value is -1.57. The highest BCUT2D eigenvalue weighted by atomic mass is 32.1. The lowest BCUT2D eigenvalue weighted by Gasteiger charge is -2.23. The molecule has 0 unspecified atom stereocenters. The summed E-state index contributed by atoms with van der Waals surface area (Å²) < 4.78 is 6.35. The fourth-order valence-electron chi connectivity index (χ4n) is 2.02. The average Bonchev–Trinajstić information content (AvgIpc) is 2.84. The number of nitrogens with two attached hydrogens (primary N) is 1. The number of rotatable bonds is 7. The van der Waals surface area contributed by atoms with Crippen LogP contribution in [0.15, 0.2) is 12.1 Å². The fourth-order valence-corrected chi connectivity index (χ4v) is 3.07. The van der Waals surface area contributed by atoms with E-state index in [1.807, 2.05) is 17.9 Å². The third-order valence-corrected chi connectivity index (χ3v) is 3.87. The molecule has 0 saturated heterocycles. The largest absolute Gasteiger partial charge is 0.470 e. The Morgan fingerprint density at radius 3 is 2.60 bits per heavy atom. The molecular weight excluding hydrogens is 278 g/mol. The zero-order chi connectivity index (χ0) is 14.5. The van der Waals surface area contributed by atoms with E-state index in [0.717, 1.165) is 10.4 Å². The van der Waals surface area contributed by atoms with Crippen LogP contribution in [0.4, 0.5) is 11.4 Å². The van der Waals surface area contributed by atoms with Crippen LogP contribution in [0.1, 0.15) is 6.92 Å². The third kappa shape index (κ3) is 2.95. The number of nitrogens with zero attached hydrogens (tertiary/aromatic N) is 2. The van der Waals surface area contributed by atoms with Gasteiger partial charge in [0.2, 0.25) is 0 Å².